The molecular formula is C23H22N4O3S2. The van der Waals surface area contributed by atoms with Gasteiger partial charge in [-0.25, -0.2) is 9.97 Å². The van der Waals surface area contributed by atoms with Crippen LogP contribution in [0.25, 0.3) is 11.3 Å². The van der Waals surface area contributed by atoms with Crippen molar-refractivity contribution in [2.45, 2.75) is 33.1 Å². The van der Waals surface area contributed by atoms with Crippen molar-refractivity contribution in [1.29, 1.82) is 0 Å². The van der Waals surface area contributed by atoms with Crippen LogP contribution in [0.3, 0.4) is 0 Å². The third-order valence-electron chi connectivity index (χ3n) is 4.67. The highest BCUT2D eigenvalue weighted by molar-refractivity contribution is 7.16. The van der Waals surface area contributed by atoms with Gasteiger partial charge in [0.15, 0.2) is 16.0 Å². The van der Waals surface area contributed by atoms with E-state index in [2.05, 4.69) is 51.8 Å². The Balaban J connectivity index is 1.36. The van der Waals surface area contributed by atoms with Crippen LogP contribution in [0.1, 0.15) is 40.0 Å². The molecule has 32 heavy (non-hydrogen) atoms. The molecule has 3 aromatic heterocycles. The second-order valence-corrected chi connectivity index (χ2v) is 9.23. The fourth-order valence-corrected chi connectivity index (χ4v) is 4.73. The third kappa shape index (κ3) is 5.30. The zero-order chi connectivity index (χ0) is 22.5. The molecule has 3 heterocycles. The molecule has 0 saturated heterocycles. The molecule has 7 nitrogen and oxygen atoms in total. The largest absolute Gasteiger partial charge is 0.459 e. The number of nitrogens with zero attached hydrogens (tertiary/aromatic N) is 2. The van der Waals surface area contributed by atoms with Gasteiger partial charge in [-0.1, -0.05) is 37.6 Å². The van der Waals surface area contributed by atoms with Gasteiger partial charge in [0.2, 0.25) is 5.91 Å². The molecule has 0 atom stereocenters. The van der Waals surface area contributed by atoms with Crippen molar-refractivity contribution in [1.82, 2.24) is 9.97 Å². The Kier molecular flexibility index (Phi) is 6.77. The first-order valence-electron chi connectivity index (χ1n) is 10.2. The van der Waals surface area contributed by atoms with E-state index in [1.807, 2.05) is 6.92 Å². The van der Waals surface area contributed by atoms with Gasteiger partial charge in [-0.3, -0.25) is 14.9 Å². The van der Waals surface area contributed by atoms with Crippen molar-refractivity contribution >= 4 is 44.8 Å². The Morgan fingerprint density at radius 3 is 2.59 bits per heavy atom. The quantitative estimate of drug-likeness (QED) is 0.355. The van der Waals surface area contributed by atoms with E-state index < -0.39 is 0 Å². The number of carbonyl (C=O) groups is 2. The minimum absolute atomic E-state index is 0.0901. The first kappa shape index (κ1) is 21.9. The van der Waals surface area contributed by atoms with Gasteiger partial charge in [-0.05, 0) is 31.0 Å². The second kappa shape index (κ2) is 9.88. The van der Waals surface area contributed by atoms with Gasteiger partial charge in [0, 0.05) is 15.8 Å². The molecule has 0 aliphatic rings. The average Bonchev–Trinajstić information content (AvgIpc) is 3.51. The van der Waals surface area contributed by atoms with Crippen molar-refractivity contribution < 1.29 is 14.0 Å². The van der Waals surface area contributed by atoms with Crippen LogP contribution in [-0.4, -0.2) is 21.8 Å². The van der Waals surface area contributed by atoms with Crippen LogP contribution in [0.15, 0.2) is 52.5 Å². The average molecular weight is 467 g/mol. The summed E-state index contributed by atoms with van der Waals surface area (Å²) in [5, 5.41) is 8.23. The minimum atomic E-state index is -0.381. The van der Waals surface area contributed by atoms with E-state index in [1.54, 1.807) is 17.5 Å². The number of aromatic nitrogens is 2. The van der Waals surface area contributed by atoms with Gasteiger partial charge in [-0.15, -0.1) is 22.7 Å². The Bertz CT molecular complexity index is 1210. The van der Waals surface area contributed by atoms with Crippen LogP contribution in [0, 0.1) is 6.92 Å². The maximum Gasteiger partial charge on any atom is 0.293 e. The van der Waals surface area contributed by atoms with Crippen LogP contribution in [0.2, 0.25) is 0 Å². The lowest BCUT2D eigenvalue weighted by Gasteiger charge is -2.02. The van der Waals surface area contributed by atoms with Gasteiger partial charge in [0.05, 0.1) is 24.1 Å². The summed E-state index contributed by atoms with van der Waals surface area (Å²) in [5.74, 6) is -0.388. The van der Waals surface area contributed by atoms with E-state index >= 15 is 0 Å². The molecule has 0 unspecified atom stereocenters. The lowest BCUT2D eigenvalue weighted by molar-refractivity contribution is -0.115. The second-order valence-electron chi connectivity index (χ2n) is 7.17. The van der Waals surface area contributed by atoms with Crippen LogP contribution in [-0.2, 0) is 17.6 Å². The first-order chi connectivity index (χ1) is 15.5. The zero-order valence-electron chi connectivity index (χ0n) is 17.7. The zero-order valence-corrected chi connectivity index (χ0v) is 19.3. The number of carbonyl (C=O) groups excluding carboxylic acids is 2. The fourth-order valence-electron chi connectivity index (χ4n) is 3.18. The summed E-state index contributed by atoms with van der Waals surface area (Å²) in [5.41, 5.74) is 3.79. The molecule has 0 aliphatic heterocycles. The van der Waals surface area contributed by atoms with Gasteiger partial charge in [0.25, 0.3) is 5.91 Å². The number of rotatable bonds is 8. The van der Waals surface area contributed by atoms with Crippen LogP contribution < -0.4 is 10.6 Å². The summed E-state index contributed by atoms with van der Waals surface area (Å²) in [7, 11) is 0. The Hall–Kier alpha value is -3.30. The van der Waals surface area contributed by atoms with Crippen molar-refractivity contribution in [3.63, 3.8) is 0 Å². The maximum atomic E-state index is 12.5. The molecular weight excluding hydrogens is 444 g/mol. The standard InChI is InChI=1S/C23H22N4O3S2/c1-3-5-15-7-9-16(10-8-15)20-14(2)32-23(26-20)25-19(28)12-17-13-31-22(24-17)27-21(29)18-6-4-11-30-18/h4,6-11,13H,3,5,12H2,1-2H3,(H,24,27,29)(H,25,26,28). The summed E-state index contributed by atoms with van der Waals surface area (Å²) in [6.07, 6.45) is 3.69. The number of amides is 2. The van der Waals surface area contributed by atoms with E-state index in [1.165, 1.54) is 34.5 Å². The van der Waals surface area contributed by atoms with Crippen molar-refractivity contribution in [2.24, 2.45) is 0 Å². The summed E-state index contributed by atoms with van der Waals surface area (Å²) in [4.78, 5) is 34.5. The molecule has 1 aromatic carbocycles. The lowest BCUT2D eigenvalue weighted by Crippen LogP contribution is -2.15. The van der Waals surface area contributed by atoms with Crippen molar-refractivity contribution in [3.05, 3.63) is 69.9 Å². The SMILES string of the molecule is CCCc1ccc(-c2nc(NC(=O)Cc3csc(NC(=O)c4ccco4)n3)sc2C)cc1. The van der Waals surface area contributed by atoms with Crippen molar-refractivity contribution in [2.75, 3.05) is 10.6 Å². The first-order valence-corrected chi connectivity index (χ1v) is 11.9. The molecule has 164 valence electrons. The molecule has 0 fully saturated rings. The summed E-state index contributed by atoms with van der Waals surface area (Å²) in [6, 6.07) is 11.6. The topological polar surface area (TPSA) is 97.1 Å². The molecule has 0 bridgehead atoms. The van der Waals surface area contributed by atoms with E-state index in [0.717, 1.165) is 29.0 Å². The molecule has 0 radical (unpaired) electrons. The van der Waals surface area contributed by atoms with Gasteiger partial charge < -0.3 is 9.73 Å². The van der Waals surface area contributed by atoms with E-state index in [4.69, 9.17) is 4.42 Å². The Labute approximate surface area is 193 Å². The number of hydrogen-bond acceptors (Lipinski definition) is 7. The summed E-state index contributed by atoms with van der Waals surface area (Å²) in [6.45, 7) is 4.16. The molecule has 2 N–H and O–H groups in total. The molecule has 2 amide bonds. The molecule has 0 saturated carbocycles. The predicted octanol–water partition coefficient (Wildman–Crippen LogP) is 5.55. The number of thiazole rings is 2. The number of hydrogen-bond donors (Lipinski definition) is 2. The number of anilines is 2. The molecule has 0 aliphatic carbocycles. The monoisotopic (exact) mass is 466 g/mol. The van der Waals surface area contributed by atoms with Crippen LogP contribution in [0.5, 0.6) is 0 Å². The van der Waals surface area contributed by atoms with Crippen LogP contribution in [0.4, 0.5) is 10.3 Å². The highest BCUT2D eigenvalue weighted by Gasteiger charge is 2.15. The van der Waals surface area contributed by atoms with Gasteiger partial charge in [-0.2, -0.15) is 0 Å². The molecule has 4 rings (SSSR count). The molecule has 4 aromatic rings. The van der Waals surface area contributed by atoms with E-state index in [-0.39, 0.29) is 24.0 Å². The highest BCUT2D eigenvalue weighted by Crippen LogP contribution is 2.30. The third-order valence-corrected chi connectivity index (χ3v) is 6.36. The van der Waals surface area contributed by atoms with Crippen molar-refractivity contribution in [3.8, 4) is 11.3 Å². The molecule has 9 heteroatoms. The van der Waals surface area contributed by atoms with Gasteiger partial charge >= 0.3 is 0 Å². The normalized spacial score (nSPS) is 10.8. The Morgan fingerprint density at radius 1 is 1.06 bits per heavy atom. The molecule has 0 spiro atoms. The fraction of sp³-hybridized carbons (Fsp3) is 0.217. The Morgan fingerprint density at radius 2 is 1.88 bits per heavy atom. The summed E-state index contributed by atoms with van der Waals surface area (Å²) < 4.78 is 5.06. The number of benzene rings is 1. The van der Waals surface area contributed by atoms with E-state index in [9.17, 15) is 9.59 Å². The van der Waals surface area contributed by atoms with E-state index in [0.29, 0.717) is 16.0 Å². The minimum Gasteiger partial charge on any atom is -0.459 e. The predicted molar refractivity (Wildman–Crippen MR) is 127 cm³/mol. The number of aryl methyl sites for hydroxylation is 2. The summed E-state index contributed by atoms with van der Waals surface area (Å²) >= 11 is 2.70. The highest BCUT2D eigenvalue weighted by atomic mass is 32.1. The van der Waals surface area contributed by atoms with Crippen LogP contribution >= 0.6 is 22.7 Å². The smallest absolute Gasteiger partial charge is 0.293 e. The van der Waals surface area contributed by atoms with Gasteiger partial charge in [0.1, 0.15) is 0 Å². The number of nitrogens with one attached hydrogen (secondary N) is 2. The number of furan rings is 1. The maximum absolute atomic E-state index is 12.5. The lowest BCUT2D eigenvalue weighted by atomic mass is 10.1.